The average Bonchev–Trinajstić information content (AvgIpc) is 3.29. The molecule has 0 radical (unpaired) electrons. The van der Waals surface area contributed by atoms with Gasteiger partial charge in [-0.3, -0.25) is 10.1 Å². The summed E-state index contributed by atoms with van der Waals surface area (Å²) < 4.78 is 29.1. The minimum Gasteiger partial charge on any atom is -0.493 e. The molecule has 0 fully saturated rings. The zero-order valence-corrected chi connectivity index (χ0v) is 13.5. The molecular formula is C18H12FN3O4. The van der Waals surface area contributed by atoms with E-state index in [0.29, 0.717) is 16.9 Å². The van der Waals surface area contributed by atoms with E-state index in [1.165, 1.54) is 31.4 Å². The highest BCUT2D eigenvalue weighted by atomic mass is 19.1. The van der Waals surface area contributed by atoms with Gasteiger partial charge in [-0.25, -0.2) is 4.39 Å². The van der Waals surface area contributed by atoms with Crippen molar-refractivity contribution >= 4 is 22.9 Å². The normalized spacial score (nSPS) is 10.8. The number of hydrogen-bond acceptors (Lipinski definition) is 6. The van der Waals surface area contributed by atoms with Gasteiger partial charge in [0, 0.05) is 10.9 Å². The van der Waals surface area contributed by atoms with Crippen molar-refractivity contribution in [3.8, 4) is 17.2 Å². The van der Waals surface area contributed by atoms with Gasteiger partial charge in [-0.15, -0.1) is 5.10 Å². The van der Waals surface area contributed by atoms with Crippen LogP contribution < -0.4 is 10.1 Å². The Morgan fingerprint density at radius 2 is 1.92 bits per heavy atom. The summed E-state index contributed by atoms with van der Waals surface area (Å²) in [6.07, 6.45) is 0. The summed E-state index contributed by atoms with van der Waals surface area (Å²) in [5.41, 5.74) is 1.01. The highest BCUT2D eigenvalue weighted by Gasteiger charge is 2.18. The largest absolute Gasteiger partial charge is 0.493 e. The highest BCUT2D eigenvalue weighted by Crippen LogP contribution is 2.29. The number of rotatable bonds is 4. The number of anilines is 1. The summed E-state index contributed by atoms with van der Waals surface area (Å²) in [7, 11) is 1.52. The first-order valence-corrected chi connectivity index (χ1v) is 7.61. The van der Waals surface area contributed by atoms with Gasteiger partial charge < -0.3 is 13.6 Å². The molecule has 0 saturated carbocycles. The first-order chi connectivity index (χ1) is 12.6. The summed E-state index contributed by atoms with van der Waals surface area (Å²) >= 11 is 0. The molecule has 8 heteroatoms. The van der Waals surface area contributed by atoms with Crippen LogP contribution in [0.2, 0.25) is 0 Å². The van der Waals surface area contributed by atoms with Crippen LogP contribution in [-0.2, 0) is 0 Å². The maximum absolute atomic E-state index is 13.0. The lowest BCUT2D eigenvalue weighted by Crippen LogP contribution is -2.10. The van der Waals surface area contributed by atoms with Crippen molar-refractivity contribution in [3.63, 3.8) is 0 Å². The van der Waals surface area contributed by atoms with E-state index in [-0.39, 0.29) is 23.5 Å². The Balaban J connectivity index is 1.56. The number of aromatic nitrogens is 2. The molecule has 7 nitrogen and oxygen atoms in total. The number of nitrogens with zero attached hydrogens (tertiary/aromatic N) is 2. The van der Waals surface area contributed by atoms with E-state index in [4.69, 9.17) is 13.6 Å². The van der Waals surface area contributed by atoms with E-state index in [1.54, 1.807) is 24.3 Å². The van der Waals surface area contributed by atoms with Gasteiger partial charge in [0.1, 0.15) is 5.82 Å². The van der Waals surface area contributed by atoms with E-state index < -0.39 is 5.91 Å². The lowest BCUT2D eigenvalue weighted by molar-refractivity contribution is 0.0995. The standard InChI is InChI=1S/C18H12FN3O4/c1-24-13-4-2-3-11-9-14(25-15(11)13)16(23)20-18-22-21-17(26-18)10-5-7-12(19)8-6-10/h2-9H,1H3,(H,20,22,23). The zero-order chi connectivity index (χ0) is 18.1. The fraction of sp³-hybridized carbons (Fsp3) is 0.0556. The quantitative estimate of drug-likeness (QED) is 0.599. The summed E-state index contributed by atoms with van der Waals surface area (Å²) in [6, 6.07) is 12.4. The van der Waals surface area contributed by atoms with Gasteiger partial charge in [0.2, 0.25) is 5.89 Å². The summed E-state index contributed by atoms with van der Waals surface area (Å²) in [5, 5.41) is 10.8. The van der Waals surface area contributed by atoms with Crippen molar-refractivity contribution in [2.24, 2.45) is 0 Å². The molecule has 4 rings (SSSR count). The van der Waals surface area contributed by atoms with Crippen molar-refractivity contribution in [2.45, 2.75) is 0 Å². The number of ether oxygens (including phenoxy) is 1. The maximum Gasteiger partial charge on any atom is 0.322 e. The fourth-order valence-electron chi connectivity index (χ4n) is 2.45. The van der Waals surface area contributed by atoms with Gasteiger partial charge in [0.15, 0.2) is 17.1 Å². The van der Waals surface area contributed by atoms with Crippen LogP contribution in [0.15, 0.2) is 57.4 Å². The predicted molar refractivity (Wildman–Crippen MR) is 90.4 cm³/mol. The Morgan fingerprint density at radius 1 is 1.12 bits per heavy atom. The molecule has 0 spiro atoms. The molecule has 1 amide bonds. The monoisotopic (exact) mass is 353 g/mol. The molecule has 2 aromatic carbocycles. The van der Waals surface area contributed by atoms with Crippen LogP contribution in [0.1, 0.15) is 10.6 Å². The SMILES string of the molecule is COc1cccc2cc(C(=O)Nc3nnc(-c4ccc(F)cc4)o3)oc12. The average molecular weight is 353 g/mol. The molecule has 0 unspecified atom stereocenters. The van der Waals surface area contributed by atoms with Crippen LogP contribution in [0.3, 0.4) is 0 Å². The molecule has 0 aliphatic rings. The lowest BCUT2D eigenvalue weighted by Gasteiger charge is -1.99. The summed E-state index contributed by atoms with van der Waals surface area (Å²) in [5.74, 6) is -0.157. The van der Waals surface area contributed by atoms with Crippen molar-refractivity contribution in [1.82, 2.24) is 10.2 Å². The number of para-hydroxylation sites is 1. The van der Waals surface area contributed by atoms with Crippen LogP contribution >= 0.6 is 0 Å². The van der Waals surface area contributed by atoms with Gasteiger partial charge in [-0.05, 0) is 36.4 Å². The third-order valence-corrected chi connectivity index (χ3v) is 3.69. The van der Waals surface area contributed by atoms with Crippen LogP contribution in [0.25, 0.3) is 22.4 Å². The molecule has 0 saturated heterocycles. The molecule has 0 aliphatic heterocycles. The molecule has 0 bridgehead atoms. The maximum atomic E-state index is 13.0. The topological polar surface area (TPSA) is 90.4 Å². The van der Waals surface area contributed by atoms with Crippen molar-refractivity contribution in [3.05, 3.63) is 60.1 Å². The molecule has 0 aliphatic carbocycles. The molecule has 2 aromatic heterocycles. The van der Waals surface area contributed by atoms with Gasteiger partial charge in [-0.1, -0.05) is 17.2 Å². The number of carbonyl (C=O) groups is 1. The number of benzene rings is 2. The number of methoxy groups -OCH3 is 1. The van der Waals surface area contributed by atoms with E-state index in [2.05, 4.69) is 15.5 Å². The Hall–Kier alpha value is -3.68. The molecular weight excluding hydrogens is 341 g/mol. The Kier molecular flexibility index (Phi) is 3.85. The highest BCUT2D eigenvalue weighted by molar-refractivity contribution is 6.04. The minimum absolute atomic E-state index is 0.0750. The van der Waals surface area contributed by atoms with Crippen molar-refractivity contribution in [1.29, 1.82) is 0 Å². The second kappa shape index (κ2) is 6.32. The van der Waals surface area contributed by atoms with Crippen LogP contribution in [0.4, 0.5) is 10.4 Å². The number of carbonyl (C=O) groups excluding carboxylic acids is 1. The number of hydrogen-bond donors (Lipinski definition) is 1. The molecule has 0 atom stereocenters. The van der Waals surface area contributed by atoms with E-state index >= 15 is 0 Å². The number of amides is 1. The van der Waals surface area contributed by atoms with Crippen LogP contribution in [-0.4, -0.2) is 23.2 Å². The lowest BCUT2D eigenvalue weighted by atomic mass is 10.2. The predicted octanol–water partition coefficient (Wildman–Crippen LogP) is 3.88. The Morgan fingerprint density at radius 3 is 2.69 bits per heavy atom. The van der Waals surface area contributed by atoms with E-state index in [1.807, 2.05) is 0 Å². The van der Waals surface area contributed by atoms with Gasteiger partial charge in [-0.2, -0.15) is 0 Å². The van der Waals surface area contributed by atoms with Gasteiger partial charge in [0.05, 0.1) is 7.11 Å². The number of furan rings is 1. The van der Waals surface area contributed by atoms with Crippen LogP contribution in [0.5, 0.6) is 5.75 Å². The first kappa shape index (κ1) is 15.8. The number of halogens is 1. The fourth-order valence-corrected chi connectivity index (χ4v) is 2.45. The number of nitrogens with one attached hydrogen (secondary N) is 1. The van der Waals surface area contributed by atoms with E-state index in [9.17, 15) is 9.18 Å². The molecule has 130 valence electrons. The second-order valence-electron chi connectivity index (χ2n) is 5.36. The zero-order valence-electron chi connectivity index (χ0n) is 13.5. The van der Waals surface area contributed by atoms with Crippen molar-refractivity contribution in [2.75, 3.05) is 12.4 Å². The third kappa shape index (κ3) is 2.88. The molecule has 26 heavy (non-hydrogen) atoms. The summed E-state index contributed by atoms with van der Waals surface area (Å²) in [6.45, 7) is 0. The molecule has 1 N–H and O–H groups in total. The molecule has 4 aromatic rings. The molecule has 2 heterocycles. The van der Waals surface area contributed by atoms with Gasteiger partial charge in [0.25, 0.3) is 5.91 Å². The third-order valence-electron chi connectivity index (χ3n) is 3.69. The van der Waals surface area contributed by atoms with Gasteiger partial charge >= 0.3 is 6.01 Å². The van der Waals surface area contributed by atoms with Crippen LogP contribution in [0, 0.1) is 5.82 Å². The first-order valence-electron chi connectivity index (χ1n) is 7.61. The minimum atomic E-state index is -0.544. The smallest absolute Gasteiger partial charge is 0.322 e. The number of fused-ring (bicyclic) bond motifs is 1. The second-order valence-corrected chi connectivity index (χ2v) is 5.36. The Bertz CT molecular complexity index is 1090. The summed E-state index contributed by atoms with van der Waals surface area (Å²) in [4.78, 5) is 12.4. The van der Waals surface area contributed by atoms with Crippen molar-refractivity contribution < 1.29 is 22.8 Å². The van der Waals surface area contributed by atoms with E-state index in [0.717, 1.165) is 5.39 Å². The Labute approximate surface area is 146 Å².